The Morgan fingerprint density at radius 2 is 2.12 bits per heavy atom. The van der Waals surface area contributed by atoms with Crippen LogP contribution in [0.15, 0.2) is 47.2 Å². The molecule has 0 saturated heterocycles. The number of furan rings is 1. The molecule has 4 rings (SSSR count). The first-order valence-corrected chi connectivity index (χ1v) is 7.63. The van der Waals surface area contributed by atoms with Crippen molar-refractivity contribution in [3.63, 3.8) is 0 Å². The van der Waals surface area contributed by atoms with Crippen LogP contribution in [0, 0.1) is 11.6 Å². The molecule has 0 unspecified atom stereocenters. The zero-order valence-corrected chi connectivity index (χ0v) is 13.0. The van der Waals surface area contributed by atoms with E-state index in [2.05, 4.69) is 25.5 Å². The summed E-state index contributed by atoms with van der Waals surface area (Å²) in [4.78, 5) is 8.30. The molecule has 126 valence electrons. The minimum absolute atomic E-state index is 0.131. The average Bonchev–Trinajstić information content (AvgIpc) is 3.26. The maximum atomic E-state index is 13.8. The maximum Gasteiger partial charge on any atom is 0.216 e. The van der Waals surface area contributed by atoms with Crippen LogP contribution >= 0.6 is 0 Å². The minimum atomic E-state index is -0.683. The molecule has 0 atom stereocenters. The van der Waals surface area contributed by atoms with Gasteiger partial charge >= 0.3 is 0 Å². The van der Waals surface area contributed by atoms with Crippen LogP contribution in [0.25, 0.3) is 22.5 Å². The number of benzene rings is 1. The largest absolute Gasteiger partial charge is 0.461 e. The molecular weight excluding hydrogens is 328 g/mol. The van der Waals surface area contributed by atoms with E-state index in [1.807, 2.05) is 0 Å². The number of aromatic amines is 1. The lowest BCUT2D eigenvalue weighted by Crippen LogP contribution is -2.07. The molecular formula is C17H13F2N5O. The molecule has 0 spiro atoms. The Kier molecular flexibility index (Phi) is 3.85. The highest BCUT2D eigenvalue weighted by molar-refractivity contribution is 5.91. The van der Waals surface area contributed by atoms with Gasteiger partial charge in [0.15, 0.2) is 11.6 Å². The van der Waals surface area contributed by atoms with Gasteiger partial charge in [-0.05, 0) is 24.3 Å². The maximum absolute atomic E-state index is 13.8. The van der Waals surface area contributed by atoms with Crippen molar-refractivity contribution in [1.29, 1.82) is 0 Å². The zero-order chi connectivity index (χ0) is 17.2. The van der Waals surface area contributed by atoms with Crippen LogP contribution in [-0.2, 0) is 6.42 Å². The topological polar surface area (TPSA) is 79.6 Å². The van der Waals surface area contributed by atoms with E-state index in [1.54, 1.807) is 24.5 Å². The number of hydrogen-bond donors (Lipinski definition) is 2. The number of hydrogen-bond acceptors (Lipinski definition) is 5. The molecule has 0 aliphatic carbocycles. The van der Waals surface area contributed by atoms with Gasteiger partial charge in [0.2, 0.25) is 5.82 Å². The second-order valence-corrected chi connectivity index (χ2v) is 5.40. The summed E-state index contributed by atoms with van der Waals surface area (Å²) in [6.45, 7) is 0.504. The number of H-pyrrole nitrogens is 1. The Morgan fingerprint density at radius 3 is 2.96 bits per heavy atom. The molecule has 4 aromatic rings. The van der Waals surface area contributed by atoms with E-state index in [0.29, 0.717) is 41.4 Å². The summed E-state index contributed by atoms with van der Waals surface area (Å²) in [7, 11) is 0. The molecule has 0 fully saturated rings. The summed E-state index contributed by atoms with van der Waals surface area (Å²) < 4.78 is 32.5. The molecule has 0 amide bonds. The summed E-state index contributed by atoms with van der Waals surface area (Å²) in [6.07, 6.45) is 3.59. The Hall–Kier alpha value is -3.29. The van der Waals surface area contributed by atoms with Gasteiger partial charge in [-0.15, -0.1) is 0 Å². The number of halogens is 2. The first-order valence-electron chi connectivity index (χ1n) is 7.63. The third-order valence-corrected chi connectivity index (χ3v) is 3.71. The predicted molar refractivity (Wildman–Crippen MR) is 87.9 cm³/mol. The van der Waals surface area contributed by atoms with Gasteiger partial charge in [-0.3, -0.25) is 10.1 Å². The summed E-state index contributed by atoms with van der Waals surface area (Å²) in [5.41, 5.74) is 0.736. The van der Waals surface area contributed by atoms with Gasteiger partial charge in [0.1, 0.15) is 17.2 Å². The highest BCUT2D eigenvalue weighted by atomic mass is 19.1. The van der Waals surface area contributed by atoms with Crippen molar-refractivity contribution in [3.8, 4) is 11.6 Å². The van der Waals surface area contributed by atoms with Crippen molar-refractivity contribution >= 4 is 16.6 Å². The van der Waals surface area contributed by atoms with Crippen LogP contribution < -0.4 is 5.32 Å². The van der Waals surface area contributed by atoms with E-state index in [-0.39, 0.29) is 5.52 Å². The fourth-order valence-corrected chi connectivity index (χ4v) is 2.57. The number of anilines is 1. The first kappa shape index (κ1) is 15.3. The third-order valence-electron chi connectivity index (χ3n) is 3.71. The Morgan fingerprint density at radius 1 is 1.20 bits per heavy atom. The fourth-order valence-electron chi connectivity index (χ4n) is 2.57. The molecule has 1 aromatic carbocycles. The lowest BCUT2D eigenvalue weighted by Gasteiger charge is -2.09. The molecule has 0 aliphatic heterocycles. The highest BCUT2D eigenvalue weighted by Crippen LogP contribution is 2.24. The van der Waals surface area contributed by atoms with E-state index in [9.17, 15) is 8.78 Å². The van der Waals surface area contributed by atoms with Gasteiger partial charge in [-0.1, -0.05) is 0 Å². The van der Waals surface area contributed by atoms with E-state index in [1.165, 1.54) is 12.3 Å². The number of aromatic nitrogens is 4. The molecule has 0 saturated carbocycles. The second kappa shape index (κ2) is 6.31. The molecule has 6 nitrogen and oxygen atoms in total. The normalized spacial score (nSPS) is 11.1. The van der Waals surface area contributed by atoms with E-state index in [4.69, 9.17) is 4.42 Å². The third kappa shape index (κ3) is 3.06. The monoisotopic (exact) mass is 341 g/mol. The van der Waals surface area contributed by atoms with Gasteiger partial charge < -0.3 is 9.73 Å². The number of nitrogens with one attached hydrogen (secondary N) is 2. The van der Waals surface area contributed by atoms with Crippen molar-refractivity contribution in [2.45, 2.75) is 6.42 Å². The lowest BCUT2D eigenvalue weighted by molar-refractivity contribution is 0.577. The zero-order valence-electron chi connectivity index (χ0n) is 13.0. The standard InChI is InChI=1S/C17H13F2N5O/c18-10-8-11-13(3-5-21-16(11)12(19)9-10)20-6-4-15-22-17(24-23-15)14-2-1-7-25-14/h1-3,5,7-9H,4,6H2,(H,20,21)(H,22,23,24). The summed E-state index contributed by atoms with van der Waals surface area (Å²) in [5, 5.41) is 10.5. The smallest absolute Gasteiger partial charge is 0.216 e. The van der Waals surface area contributed by atoms with Crippen LogP contribution in [0.2, 0.25) is 0 Å². The number of nitrogens with zero attached hydrogens (tertiary/aromatic N) is 3. The number of fused-ring (bicyclic) bond motifs is 1. The van der Waals surface area contributed by atoms with E-state index in [0.717, 1.165) is 6.07 Å². The number of rotatable bonds is 5. The molecule has 3 aromatic heterocycles. The van der Waals surface area contributed by atoms with Crippen LogP contribution in [0.1, 0.15) is 5.82 Å². The number of pyridine rings is 1. The quantitative estimate of drug-likeness (QED) is 0.580. The molecule has 3 heterocycles. The van der Waals surface area contributed by atoms with E-state index >= 15 is 0 Å². The van der Waals surface area contributed by atoms with Gasteiger partial charge in [-0.25, -0.2) is 13.8 Å². The van der Waals surface area contributed by atoms with Gasteiger partial charge in [0, 0.05) is 36.3 Å². The Bertz CT molecular complexity index is 1010. The highest BCUT2D eigenvalue weighted by Gasteiger charge is 2.10. The predicted octanol–water partition coefficient (Wildman–Crippen LogP) is 3.55. The molecule has 0 bridgehead atoms. The van der Waals surface area contributed by atoms with Gasteiger partial charge in [0.05, 0.1) is 6.26 Å². The molecule has 0 radical (unpaired) electrons. The lowest BCUT2D eigenvalue weighted by atomic mass is 10.1. The summed E-state index contributed by atoms with van der Waals surface area (Å²) >= 11 is 0. The van der Waals surface area contributed by atoms with Crippen LogP contribution in [-0.4, -0.2) is 26.7 Å². The second-order valence-electron chi connectivity index (χ2n) is 5.40. The van der Waals surface area contributed by atoms with Crippen LogP contribution in [0.5, 0.6) is 0 Å². The van der Waals surface area contributed by atoms with Crippen LogP contribution in [0.3, 0.4) is 0 Å². The van der Waals surface area contributed by atoms with Crippen molar-refractivity contribution in [2.75, 3.05) is 11.9 Å². The van der Waals surface area contributed by atoms with Crippen molar-refractivity contribution < 1.29 is 13.2 Å². The van der Waals surface area contributed by atoms with Crippen LogP contribution in [0.4, 0.5) is 14.5 Å². The SMILES string of the molecule is Fc1cc(F)c2nccc(NCCc3nc(-c4ccco4)n[nH]3)c2c1. The summed E-state index contributed by atoms with van der Waals surface area (Å²) in [6, 6.07) is 7.30. The minimum Gasteiger partial charge on any atom is -0.461 e. The Labute approximate surface area is 140 Å². The Balaban J connectivity index is 1.48. The summed E-state index contributed by atoms with van der Waals surface area (Å²) in [5.74, 6) is 0.422. The molecule has 0 aliphatic rings. The molecule has 8 heteroatoms. The first-order chi connectivity index (χ1) is 12.2. The van der Waals surface area contributed by atoms with Crippen molar-refractivity contribution in [3.05, 3.63) is 60.3 Å². The fraction of sp³-hybridized carbons (Fsp3) is 0.118. The average molecular weight is 341 g/mol. The van der Waals surface area contributed by atoms with Crippen molar-refractivity contribution in [1.82, 2.24) is 20.2 Å². The molecule has 25 heavy (non-hydrogen) atoms. The molecule has 2 N–H and O–H groups in total. The van der Waals surface area contributed by atoms with Crippen molar-refractivity contribution in [2.24, 2.45) is 0 Å². The van der Waals surface area contributed by atoms with Gasteiger partial charge in [-0.2, -0.15) is 5.10 Å². The van der Waals surface area contributed by atoms with E-state index < -0.39 is 11.6 Å². The van der Waals surface area contributed by atoms with Gasteiger partial charge in [0.25, 0.3) is 0 Å².